The Labute approximate surface area is 151 Å². The van der Waals surface area contributed by atoms with Crippen molar-refractivity contribution in [2.45, 2.75) is 49.0 Å². The van der Waals surface area contributed by atoms with Gasteiger partial charge in [-0.1, -0.05) is 80.7 Å². The molecule has 0 aliphatic rings. The lowest BCUT2D eigenvalue weighted by Crippen LogP contribution is -2.50. The highest BCUT2D eigenvalue weighted by molar-refractivity contribution is 8.00. The fraction of sp³-hybridized carbons (Fsp3) is 0.381. The molecule has 0 saturated carbocycles. The molecule has 0 fully saturated rings. The van der Waals surface area contributed by atoms with Crippen LogP contribution in [0.25, 0.3) is 0 Å². The first-order chi connectivity index (χ1) is 11.4. The first-order valence-corrected chi connectivity index (χ1v) is 12.6. The number of rotatable bonds is 8. The molecule has 1 nitrogen and oxygen atoms in total. The SMILES string of the molecule is CC(C)C[C@@H]([C@@H](C=O)Sc1ccccc1)[Si](C)(C)c1ccccc1. The van der Waals surface area contributed by atoms with Crippen LogP contribution >= 0.6 is 11.8 Å². The lowest BCUT2D eigenvalue weighted by molar-refractivity contribution is -0.107. The van der Waals surface area contributed by atoms with Crippen LogP contribution < -0.4 is 5.19 Å². The van der Waals surface area contributed by atoms with Crippen LogP contribution in [-0.2, 0) is 4.79 Å². The second-order valence-corrected chi connectivity index (χ2v) is 13.4. The van der Waals surface area contributed by atoms with Crippen molar-refractivity contribution < 1.29 is 4.79 Å². The second-order valence-electron chi connectivity index (χ2n) is 7.36. The van der Waals surface area contributed by atoms with E-state index in [-0.39, 0.29) is 5.25 Å². The molecule has 0 heterocycles. The van der Waals surface area contributed by atoms with E-state index in [2.05, 4.69) is 69.4 Å². The number of carbonyl (C=O) groups is 1. The average molecular weight is 357 g/mol. The summed E-state index contributed by atoms with van der Waals surface area (Å²) in [6, 6.07) is 21.1. The largest absolute Gasteiger partial charge is 0.302 e. The topological polar surface area (TPSA) is 17.1 Å². The molecule has 2 aromatic carbocycles. The van der Waals surface area contributed by atoms with E-state index in [9.17, 15) is 4.79 Å². The first kappa shape index (κ1) is 19.0. The summed E-state index contributed by atoms with van der Waals surface area (Å²) in [6.45, 7) is 9.35. The van der Waals surface area contributed by atoms with Crippen LogP contribution in [0.5, 0.6) is 0 Å². The van der Waals surface area contributed by atoms with Crippen molar-refractivity contribution in [3.63, 3.8) is 0 Å². The molecule has 2 rings (SSSR count). The third-order valence-corrected chi connectivity index (χ3v) is 10.5. The molecule has 0 bridgehead atoms. The van der Waals surface area contributed by atoms with Crippen LogP contribution in [0.1, 0.15) is 20.3 Å². The zero-order valence-electron chi connectivity index (χ0n) is 15.1. The molecular weight excluding hydrogens is 328 g/mol. The average Bonchev–Trinajstić information content (AvgIpc) is 2.59. The molecule has 0 N–H and O–H groups in total. The number of benzene rings is 2. The predicted octanol–water partition coefficient (Wildman–Crippen LogP) is 5.38. The number of thioether (sulfide) groups is 1. The van der Waals surface area contributed by atoms with Crippen molar-refractivity contribution >= 4 is 31.3 Å². The van der Waals surface area contributed by atoms with E-state index >= 15 is 0 Å². The Morgan fingerprint density at radius 1 is 0.958 bits per heavy atom. The number of carbonyl (C=O) groups excluding carboxylic acids is 1. The molecule has 0 aromatic heterocycles. The van der Waals surface area contributed by atoms with E-state index in [4.69, 9.17) is 0 Å². The molecule has 0 amide bonds. The van der Waals surface area contributed by atoms with Gasteiger partial charge in [0, 0.05) is 4.90 Å². The van der Waals surface area contributed by atoms with Gasteiger partial charge in [0.05, 0.1) is 13.3 Å². The molecular formula is C21H28OSSi. The highest BCUT2D eigenvalue weighted by Crippen LogP contribution is 2.40. The smallest absolute Gasteiger partial charge is 0.133 e. The van der Waals surface area contributed by atoms with Crippen LogP contribution in [0.2, 0.25) is 18.6 Å². The van der Waals surface area contributed by atoms with Gasteiger partial charge in [-0.25, -0.2) is 0 Å². The third kappa shape index (κ3) is 4.84. The molecule has 0 spiro atoms. The van der Waals surface area contributed by atoms with Crippen molar-refractivity contribution in [2.24, 2.45) is 5.92 Å². The highest BCUT2D eigenvalue weighted by atomic mass is 32.2. The first-order valence-electron chi connectivity index (χ1n) is 8.67. The molecule has 3 heteroatoms. The van der Waals surface area contributed by atoms with Gasteiger partial charge in [-0.15, -0.1) is 11.8 Å². The monoisotopic (exact) mass is 356 g/mol. The Kier molecular flexibility index (Phi) is 6.87. The molecule has 2 aromatic rings. The van der Waals surface area contributed by atoms with Gasteiger partial charge in [-0.2, -0.15) is 0 Å². The Morgan fingerprint density at radius 2 is 1.50 bits per heavy atom. The van der Waals surface area contributed by atoms with Crippen molar-refractivity contribution in [2.75, 3.05) is 0 Å². The van der Waals surface area contributed by atoms with Gasteiger partial charge in [0.15, 0.2) is 0 Å². The molecule has 2 atom stereocenters. The van der Waals surface area contributed by atoms with E-state index in [0.717, 1.165) is 6.42 Å². The summed E-state index contributed by atoms with van der Waals surface area (Å²) in [4.78, 5) is 13.2. The summed E-state index contributed by atoms with van der Waals surface area (Å²) in [6.07, 6.45) is 2.28. The van der Waals surface area contributed by atoms with E-state index in [1.165, 1.54) is 16.4 Å². The lowest BCUT2D eigenvalue weighted by atomic mass is 10.1. The minimum Gasteiger partial charge on any atom is -0.302 e. The molecule has 0 aliphatic heterocycles. The minimum absolute atomic E-state index is 0.0108. The minimum atomic E-state index is -1.76. The Balaban J connectivity index is 2.33. The van der Waals surface area contributed by atoms with Gasteiger partial charge in [-0.05, 0) is 30.0 Å². The van der Waals surface area contributed by atoms with Gasteiger partial charge in [0.2, 0.25) is 0 Å². The molecule has 0 aliphatic carbocycles. The summed E-state index contributed by atoms with van der Waals surface area (Å²) in [5, 5.41) is 1.45. The van der Waals surface area contributed by atoms with Gasteiger partial charge in [0.1, 0.15) is 6.29 Å². The zero-order valence-corrected chi connectivity index (χ0v) is 16.9. The summed E-state index contributed by atoms with van der Waals surface area (Å²) >= 11 is 1.73. The Hall–Kier alpha value is -1.32. The maximum absolute atomic E-state index is 12.0. The van der Waals surface area contributed by atoms with Gasteiger partial charge >= 0.3 is 0 Å². The number of aldehydes is 1. The molecule has 0 saturated heterocycles. The maximum Gasteiger partial charge on any atom is 0.133 e. The normalized spacial score (nSPS) is 14.4. The Morgan fingerprint density at radius 3 is 2.00 bits per heavy atom. The fourth-order valence-corrected chi connectivity index (χ4v) is 8.91. The van der Waals surface area contributed by atoms with E-state index < -0.39 is 8.07 Å². The van der Waals surface area contributed by atoms with Crippen LogP contribution in [0.15, 0.2) is 65.6 Å². The van der Waals surface area contributed by atoms with Crippen LogP contribution in [0.3, 0.4) is 0 Å². The van der Waals surface area contributed by atoms with Crippen molar-refractivity contribution in [3.05, 3.63) is 60.7 Å². The van der Waals surface area contributed by atoms with Gasteiger partial charge in [0.25, 0.3) is 0 Å². The van der Waals surface area contributed by atoms with Crippen molar-refractivity contribution in [3.8, 4) is 0 Å². The molecule has 24 heavy (non-hydrogen) atoms. The van der Waals surface area contributed by atoms with Crippen LogP contribution in [-0.4, -0.2) is 19.6 Å². The van der Waals surface area contributed by atoms with Crippen molar-refractivity contribution in [1.29, 1.82) is 0 Å². The molecule has 0 radical (unpaired) electrons. The van der Waals surface area contributed by atoms with E-state index in [1.54, 1.807) is 11.8 Å². The number of hydrogen-bond acceptors (Lipinski definition) is 2. The van der Waals surface area contributed by atoms with Crippen molar-refractivity contribution in [1.82, 2.24) is 0 Å². The lowest BCUT2D eigenvalue weighted by Gasteiger charge is -2.37. The summed E-state index contributed by atoms with van der Waals surface area (Å²) in [7, 11) is -1.76. The third-order valence-electron chi connectivity index (χ3n) is 4.72. The van der Waals surface area contributed by atoms with Crippen LogP contribution in [0.4, 0.5) is 0 Å². The van der Waals surface area contributed by atoms with E-state index in [1.807, 2.05) is 18.2 Å². The van der Waals surface area contributed by atoms with Gasteiger partial charge < -0.3 is 4.79 Å². The predicted molar refractivity (Wildman–Crippen MR) is 109 cm³/mol. The maximum atomic E-state index is 12.0. The standard InChI is InChI=1S/C21H28OSSi/c1-17(2)15-21(24(3,4)19-13-9-6-10-14-19)20(16-22)23-18-11-7-5-8-12-18/h5-14,16-17,20-21H,15H2,1-4H3/t20-,21+/m1/s1. The Bertz CT molecular complexity index is 625. The molecule has 128 valence electrons. The fourth-order valence-electron chi connectivity index (χ4n) is 3.29. The summed E-state index contributed by atoms with van der Waals surface area (Å²) in [5.41, 5.74) is 0.419. The summed E-state index contributed by atoms with van der Waals surface area (Å²) < 4.78 is 0. The molecule has 0 unspecified atom stereocenters. The zero-order chi connectivity index (χ0) is 17.6. The second kappa shape index (κ2) is 8.68. The quantitative estimate of drug-likeness (QED) is 0.359. The van der Waals surface area contributed by atoms with Crippen LogP contribution in [0, 0.1) is 5.92 Å². The van der Waals surface area contributed by atoms with E-state index in [0.29, 0.717) is 11.5 Å². The number of hydrogen-bond donors (Lipinski definition) is 0. The highest BCUT2D eigenvalue weighted by Gasteiger charge is 2.39. The summed E-state index contributed by atoms with van der Waals surface area (Å²) in [5.74, 6) is 0.587. The van der Waals surface area contributed by atoms with Gasteiger partial charge in [-0.3, -0.25) is 0 Å².